The third-order valence-electron chi connectivity index (χ3n) is 5.67. The van der Waals surface area contributed by atoms with E-state index >= 15 is 0 Å². The summed E-state index contributed by atoms with van der Waals surface area (Å²) in [4.78, 5) is 0. The largest absolute Gasteiger partial charge is 0.0946 e. The summed E-state index contributed by atoms with van der Waals surface area (Å²) in [5.74, 6) is 0. The quantitative estimate of drug-likeness (QED) is 0.598. The summed E-state index contributed by atoms with van der Waals surface area (Å²) < 4.78 is 0. The first-order valence-electron chi connectivity index (χ1n) is 8.50. The molecule has 0 spiro atoms. The van der Waals surface area contributed by atoms with E-state index in [0.29, 0.717) is 0 Å². The van der Waals surface area contributed by atoms with E-state index in [2.05, 4.69) is 69.8 Å². The van der Waals surface area contributed by atoms with Crippen molar-refractivity contribution in [2.24, 2.45) is 5.41 Å². The highest BCUT2D eigenvalue weighted by atomic mass is 14.4. The Bertz CT molecular complexity index is 702. The molecule has 0 heteroatoms. The van der Waals surface area contributed by atoms with Gasteiger partial charge in [-0.15, -0.1) is 0 Å². The number of hydrogen-bond donors (Lipinski definition) is 0. The molecule has 0 aromatic heterocycles. The molecular weight excluding hydrogens is 264 g/mol. The summed E-state index contributed by atoms with van der Waals surface area (Å²) in [5, 5.41) is 0. The van der Waals surface area contributed by atoms with Crippen molar-refractivity contribution in [3.8, 4) is 11.1 Å². The Morgan fingerprint density at radius 2 is 1.68 bits per heavy atom. The van der Waals surface area contributed by atoms with Gasteiger partial charge in [0.25, 0.3) is 0 Å². The minimum Gasteiger partial charge on any atom is -0.0946 e. The van der Waals surface area contributed by atoms with Crippen LogP contribution in [0.15, 0.2) is 49.0 Å². The van der Waals surface area contributed by atoms with Gasteiger partial charge in [-0.1, -0.05) is 68.5 Å². The molecule has 0 saturated carbocycles. The standard InChI is InChI=1S/C22H26/c1-5-22(6-2)14-13-18-9-7-8-10-20(18)21-15-16(3)11-12-19(21)17(22)4/h7-12,15H,4-6,13-14H2,1-3H3. The fourth-order valence-electron chi connectivity index (χ4n) is 3.99. The molecule has 0 nitrogen and oxygen atoms in total. The van der Waals surface area contributed by atoms with Crippen LogP contribution in [0, 0.1) is 12.3 Å². The lowest BCUT2D eigenvalue weighted by molar-refractivity contribution is 0.341. The van der Waals surface area contributed by atoms with Crippen LogP contribution >= 0.6 is 0 Å². The Labute approximate surface area is 134 Å². The summed E-state index contributed by atoms with van der Waals surface area (Å²) in [6, 6.07) is 15.7. The van der Waals surface area contributed by atoms with Crippen molar-refractivity contribution in [2.45, 2.75) is 46.5 Å². The fourth-order valence-corrected chi connectivity index (χ4v) is 3.99. The molecule has 2 aromatic carbocycles. The Balaban J connectivity index is 2.29. The Hall–Kier alpha value is -1.82. The molecule has 0 heterocycles. The van der Waals surface area contributed by atoms with Crippen LogP contribution in [-0.2, 0) is 6.42 Å². The van der Waals surface area contributed by atoms with Gasteiger partial charge >= 0.3 is 0 Å². The number of rotatable bonds is 2. The zero-order valence-corrected chi connectivity index (χ0v) is 14.1. The molecule has 2 aromatic rings. The third-order valence-corrected chi connectivity index (χ3v) is 5.67. The maximum Gasteiger partial charge on any atom is -0.00488 e. The van der Waals surface area contributed by atoms with Crippen molar-refractivity contribution in [1.29, 1.82) is 0 Å². The number of fused-ring (bicyclic) bond motifs is 3. The first-order valence-corrected chi connectivity index (χ1v) is 8.50. The normalized spacial score (nSPS) is 16.4. The predicted molar refractivity (Wildman–Crippen MR) is 97.0 cm³/mol. The van der Waals surface area contributed by atoms with Crippen LogP contribution in [0.4, 0.5) is 0 Å². The van der Waals surface area contributed by atoms with E-state index in [0.717, 1.165) is 19.3 Å². The Kier molecular flexibility index (Phi) is 3.95. The second-order valence-corrected chi connectivity index (χ2v) is 6.67. The molecular formula is C22H26. The third kappa shape index (κ3) is 2.31. The van der Waals surface area contributed by atoms with Gasteiger partial charge in [-0.3, -0.25) is 0 Å². The summed E-state index contributed by atoms with van der Waals surface area (Å²) >= 11 is 0. The van der Waals surface area contributed by atoms with Crippen LogP contribution in [0.5, 0.6) is 0 Å². The van der Waals surface area contributed by atoms with Crippen LogP contribution in [0.3, 0.4) is 0 Å². The summed E-state index contributed by atoms with van der Waals surface area (Å²) in [6.07, 6.45) is 4.67. The highest BCUT2D eigenvalue weighted by Crippen LogP contribution is 2.49. The van der Waals surface area contributed by atoms with Gasteiger partial charge in [0, 0.05) is 0 Å². The lowest BCUT2D eigenvalue weighted by Gasteiger charge is -2.37. The zero-order valence-electron chi connectivity index (χ0n) is 14.1. The van der Waals surface area contributed by atoms with Crippen LogP contribution in [0.1, 0.15) is 49.8 Å². The SMILES string of the molecule is C=C1c2ccc(C)cc2-c2ccccc2CCC1(CC)CC. The molecule has 114 valence electrons. The minimum absolute atomic E-state index is 0.234. The van der Waals surface area contributed by atoms with Crippen molar-refractivity contribution >= 4 is 5.57 Å². The minimum atomic E-state index is 0.234. The average Bonchev–Trinajstić information content (AvgIpc) is 2.55. The molecule has 1 aliphatic carbocycles. The topological polar surface area (TPSA) is 0 Å². The van der Waals surface area contributed by atoms with Gasteiger partial charge in [0.05, 0.1) is 0 Å². The number of aryl methyl sites for hydroxylation is 2. The van der Waals surface area contributed by atoms with Crippen molar-refractivity contribution in [3.63, 3.8) is 0 Å². The number of allylic oxidation sites excluding steroid dienone is 1. The maximum atomic E-state index is 4.56. The predicted octanol–water partition coefficient (Wildman–Crippen LogP) is 6.43. The lowest BCUT2D eigenvalue weighted by atomic mass is 9.67. The van der Waals surface area contributed by atoms with E-state index < -0.39 is 0 Å². The van der Waals surface area contributed by atoms with Crippen LogP contribution in [0.2, 0.25) is 0 Å². The lowest BCUT2D eigenvalue weighted by Crippen LogP contribution is -2.23. The molecule has 0 atom stereocenters. The highest BCUT2D eigenvalue weighted by Gasteiger charge is 2.33. The molecule has 0 bridgehead atoms. The molecule has 3 rings (SSSR count). The molecule has 22 heavy (non-hydrogen) atoms. The second-order valence-electron chi connectivity index (χ2n) is 6.67. The Morgan fingerprint density at radius 1 is 0.955 bits per heavy atom. The average molecular weight is 290 g/mol. The summed E-state index contributed by atoms with van der Waals surface area (Å²) in [6.45, 7) is 11.4. The monoisotopic (exact) mass is 290 g/mol. The summed E-state index contributed by atoms with van der Waals surface area (Å²) in [5.41, 5.74) is 8.48. The van der Waals surface area contributed by atoms with Gasteiger partial charge in [0.1, 0.15) is 0 Å². The van der Waals surface area contributed by atoms with E-state index in [-0.39, 0.29) is 5.41 Å². The number of benzene rings is 2. The van der Waals surface area contributed by atoms with Crippen LogP contribution < -0.4 is 0 Å². The molecule has 0 fully saturated rings. The van der Waals surface area contributed by atoms with Crippen LogP contribution in [0.25, 0.3) is 16.7 Å². The van der Waals surface area contributed by atoms with Crippen molar-refractivity contribution in [2.75, 3.05) is 0 Å². The van der Waals surface area contributed by atoms with E-state index in [4.69, 9.17) is 0 Å². The number of hydrogen-bond acceptors (Lipinski definition) is 0. The van der Waals surface area contributed by atoms with Gasteiger partial charge in [0.15, 0.2) is 0 Å². The van der Waals surface area contributed by atoms with Crippen molar-refractivity contribution < 1.29 is 0 Å². The molecule has 0 N–H and O–H groups in total. The molecule has 0 aliphatic heterocycles. The Morgan fingerprint density at radius 3 is 2.41 bits per heavy atom. The first kappa shape index (κ1) is 15.1. The van der Waals surface area contributed by atoms with E-state index in [1.165, 1.54) is 39.8 Å². The molecule has 0 amide bonds. The fraction of sp³-hybridized carbons (Fsp3) is 0.364. The van der Waals surface area contributed by atoms with E-state index in [9.17, 15) is 0 Å². The zero-order chi connectivity index (χ0) is 15.7. The molecule has 0 saturated heterocycles. The van der Waals surface area contributed by atoms with Crippen molar-refractivity contribution in [1.82, 2.24) is 0 Å². The highest BCUT2D eigenvalue weighted by molar-refractivity contribution is 5.85. The van der Waals surface area contributed by atoms with E-state index in [1.807, 2.05) is 0 Å². The molecule has 0 radical (unpaired) electrons. The van der Waals surface area contributed by atoms with Gasteiger partial charge in [-0.2, -0.15) is 0 Å². The van der Waals surface area contributed by atoms with E-state index in [1.54, 1.807) is 0 Å². The van der Waals surface area contributed by atoms with Gasteiger partial charge in [0.2, 0.25) is 0 Å². The summed E-state index contributed by atoms with van der Waals surface area (Å²) in [7, 11) is 0. The smallest absolute Gasteiger partial charge is 0.00488 e. The van der Waals surface area contributed by atoms with Gasteiger partial charge in [-0.25, -0.2) is 0 Å². The second kappa shape index (κ2) is 5.76. The van der Waals surface area contributed by atoms with Crippen molar-refractivity contribution in [3.05, 3.63) is 65.7 Å². The maximum absolute atomic E-state index is 4.56. The first-order chi connectivity index (χ1) is 10.6. The van der Waals surface area contributed by atoms with Crippen LogP contribution in [-0.4, -0.2) is 0 Å². The molecule has 1 aliphatic rings. The van der Waals surface area contributed by atoms with Gasteiger partial charge < -0.3 is 0 Å². The van der Waals surface area contributed by atoms with Gasteiger partial charge in [-0.05, 0) is 65.8 Å². The molecule has 0 unspecified atom stereocenters.